The first-order valence-corrected chi connectivity index (χ1v) is 8.57. The second-order valence-corrected chi connectivity index (χ2v) is 6.24. The Kier molecular flexibility index (Phi) is 5.35. The third-order valence-corrected chi connectivity index (χ3v) is 4.19. The standard InChI is InChI=1S/C21H21N3O3/c1-4-11-24-17-8-6-5-7-16(17)20(21(24)26)23-22-19(25)13-27-18-12-14(2)9-10-15(18)3/h4-10,12,26H,1,11,13H2,2-3H3. The molecule has 138 valence electrons. The van der Waals surface area contributed by atoms with E-state index in [1.807, 2.05) is 56.3 Å². The summed E-state index contributed by atoms with van der Waals surface area (Å²) < 4.78 is 7.21. The fourth-order valence-corrected chi connectivity index (χ4v) is 2.82. The lowest BCUT2D eigenvalue weighted by molar-refractivity contribution is -0.120. The van der Waals surface area contributed by atoms with Crippen LogP contribution in [0.4, 0.5) is 5.69 Å². The summed E-state index contributed by atoms with van der Waals surface area (Å²) in [6.07, 6.45) is 1.68. The van der Waals surface area contributed by atoms with Crippen molar-refractivity contribution in [3.05, 3.63) is 66.2 Å². The number of ether oxygens (including phenoxy) is 1. The molecule has 0 saturated carbocycles. The molecular formula is C21H21N3O3. The van der Waals surface area contributed by atoms with Gasteiger partial charge < -0.3 is 14.4 Å². The lowest BCUT2D eigenvalue weighted by Gasteiger charge is -2.07. The molecule has 3 rings (SSSR count). The molecule has 6 heteroatoms. The van der Waals surface area contributed by atoms with E-state index in [-0.39, 0.29) is 18.2 Å². The third kappa shape index (κ3) is 3.89. The van der Waals surface area contributed by atoms with Crippen molar-refractivity contribution in [2.24, 2.45) is 10.2 Å². The number of fused-ring (bicyclic) bond motifs is 1. The molecule has 0 spiro atoms. The number of aryl methyl sites for hydroxylation is 2. The summed E-state index contributed by atoms with van der Waals surface area (Å²) in [6.45, 7) is 7.76. The maximum absolute atomic E-state index is 12.1. The minimum Gasteiger partial charge on any atom is -0.493 e. The molecule has 2 aromatic carbocycles. The van der Waals surface area contributed by atoms with Gasteiger partial charge in [0.2, 0.25) is 5.88 Å². The predicted octanol–water partition coefficient (Wildman–Crippen LogP) is 4.84. The van der Waals surface area contributed by atoms with Crippen molar-refractivity contribution in [3.8, 4) is 11.6 Å². The van der Waals surface area contributed by atoms with Crippen LogP contribution in [0.15, 0.2) is 65.3 Å². The average Bonchev–Trinajstić information content (AvgIpc) is 2.93. The lowest BCUT2D eigenvalue weighted by Crippen LogP contribution is -2.08. The van der Waals surface area contributed by atoms with Gasteiger partial charge in [0, 0.05) is 11.9 Å². The molecule has 3 aromatic rings. The van der Waals surface area contributed by atoms with E-state index in [2.05, 4.69) is 16.8 Å². The molecule has 0 aliphatic heterocycles. The van der Waals surface area contributed by atoms with Gasteiger partial charge in [-0.15, -0.1) is 16.8 Å². The number of carbonyl (C=O) groups is 1. The van der Waals surface area contributed by atoms with Crippen LogP contribution in [-0.4, -0.2) is 22.2 Å². The number of aromatic hydroxyl groups is 1. The zero-order chi connectivity index (χ0) is 19.4. The normalized spacial score (nSPS) is 11.2. The Morgan fingerprint density at radius 3 is 2.81 bits per heavy atom. The highest BCUT2D eigenvalue weighted by Crippen LogP contribution is 2.38. The van der Waals surface area contributed by atoms with Crippen molar-refractivity contribution in [1.29, 1.82) is 0 Å². The van der Waals surface area contributed by atoms with E-state index in [1.54, 1.807) is 10.6 Å². The second kappa shape index (κ2) is 7.86. The number of azo groups is 1. The molecule has 1 aromatic heterocycles. The molecule has 0 radical (unpaired) electrons. The number of aromatic nitrogens is 1. The van der Waals surface area contributed by atoms with E-state index in [0.29, 0.717) is 17.7 Å². The van der Waals surface area contributed by atoms with Crippen molar-refractivity contribution < 1.29 is 14.6 Å². The highest BCUT2D eigenvalue weighted by Gasteiger charge is 2.16. The molecule has 0 saturated heterocycles. The number of para-hydroxylation sites is 1. The summed E-state index contributed by atoms with van der Waals surface area (Å²) in [5.74, 6) is 0.0583. The molecular weight excluding hydrogens is 342 g/mol. The van der Waals surface area contributed by atoms with E-state index in [4.69, 9.17) is 4.74 Å². The lowest BCUT2D eigenvalue weighted by atomic mass is 10.1. The Balaban J connectivity index is 1.79. The first-order chi connectivity index (χ1) is 13.0. The highest BCUT2D eigenvalue weighted by molar-refractivity contribution is 5.95. The fraction of sp³-hybridized carbons (Fsp3) is 0.190. The van der Waals surface area contributed by atoms with Gasteiger partial charge in [-0.05, 0) is 37.1 Å². The molecule has 1 amide bonds. The number of rotatable bonds is 6. The molecule has 6 nitrogen and oxygen atoms in total. The maximum atomic E-state index is 12.1. The van der Waals surface area contributed by atoms with Crippen LogP contribution >= 0.6 is 0 Å². The molecule has 0 aliphatic carbocycles. The van der Waals surface area contributed by atoms with Crippen LogP contribution in [0.5, 0.6) is 11.6 Å². The van der Waals surface area contributed by atoms with Gasteiger partial charge in [0.1, 0.15) is 5.75 Å². The number of allylic oxidation sites excluding steroid dienone is 1. The number of nitrogens with zero attached hydrogens (tertiary/aromatic N) is 3. The van der Waals surface area contributed by atoms with Gasteiger partial charge in [0.25, 0.3) is 0 Å². The number of amides is 1. The second-order valence-electron chi connectivity index (χ2n) is 6.24. The van der Waals surface area contributed by atoms with Crippen molar-refractivity contribution in [3.63, 3.8) is 0 Å². The van der Waals surface area contributed by atoms with Crippen LogP contribution < -0.4 is 4.74 Å². The van der Waals surface area contributed by atoms with Gasteiger partial charge in [-0.3, -0.25) is 4.79 Å². The Morgan fingerprint density at radius 1 is 1.26 bits per heavy atom. The van der Waals surface area contributed by atoms with E-state index in [9.17, 15) is 9.90 Å². The summed E-state index contributed by atoms with van der Waals surface area (Å²) in [5, 5.41) is 18.8. The molecule has 1 N–H and O–H groups in total. The Hall–Kier alpha value is -3.41. The highest BCUT2D eigenvalue weighted by atomic mass is 16.5. The smallest absolute Gasteiger partial charge is 0.302 e. The van der Waals surface area contributed by atoms with Crippen molar-refractivity contribution in [1.82, 2.24) is 4.57 Å². The Labute approximate surface area is 157 Å². The number of hydrogen-bond acceptors (Lipinski definition) is 4. The molecule has 0 bridgehead atoms. The monoisotopic (exact) mass is 363 g/mol. The van der Waals surface area contributed by atoms with Gasteiger partial charge in [-0.25, -0.2) is 0 Å². The molecule has 27 heavy (non-hydrogen) atoms. The van der Waals surface area contributed by atoms with Crippen LogP contribution in [0, 0.1) is 13.8 Å². The average molecular weight is 363 g/mol. The van der Waals surface area contributed by atoms with Crippen LogP contribution in [0.25, 0.3) is 10.9 Å². The van der Waals surface area contributed by atoms with Gasteiger partial charge in [-0.2, -0.15) is 0 Å². The van der Waals surface area contributed by atoms with E-state index < -0.39 is 5.91 Å². The molecule has 0 fully saturated rings. The first-order valence-electron chi connectivity index (χ1n) is 8.57. The van der Waals surface area contributed by atoms with Crippen molar-refractivity contribution in [2.45, 2.75) is 20.4 Å². The van der Waals surface area contributed by atoms with E-state index in [1.165, 1.54) is 0 Å². The minimum absolute atomic E-state index is 0.0527. The number of benzene rings is 2. The number of carbonyl (C=O) groups excluding carboxylic acids is 1. The van der Waals surface area contributed by atoms with Crippen LogP contribution in [-0.2, 0) is 11.3 Å². The van der Waals surface area contributed by atoms with Crippen LogP contribution in [0.3, 0.4) is 0 Å². The van der Waals surface area contributed by atoms with Gasteiger partial charge >= 0.3 is 5.91 Å². The summed E-state index contributed by atoms with van der Waals surface area (Å²) in [7, 11) is 0. The summed E-state index contributed by atoms with van der Waals surface area (Å²) in [5.41, 5.74) is 3.04. The summed E-state index contributed by atoms with van der Waals surface area (Å²) >= 11 is 0. The predicted molar refractivity (Wildman–Crippen MR) is 105 cm³/mol. The Morgan fingerprint density at radius 2 is 2.04 bits per heavy atom. The topological polar surface area (TPSA) is 76.2 Å². The van der Waals surface area contributed by atoms with Gasteiger partial charge in [-0.1, -0.05) is 36.4 Å². The zero-order valence-electron chi connectivity index (χ0n) is 15.3. The zero-order valence-corrected chi connectivity index (χ0v) is 15.3. The van der Waals surface area contributed by atoms with Crippen LogP contribution in [0.1, 0.15) is 11.1 Å². The maximum Gasteiger partial charge on any atom is 0.302 e. The summed E-state index contributed by atoms with van der Waals surface area (Å²) in [6, 6.07) is 13.2. The van der Waals surface area contributed by atoms with Gasteiger partial charge in [0.05, 0.1) is 5.52 Å². The fourth-order valence-electron chi connectivity index (χ4n) is 2.82. The van der Waals surface area contributed by atoms with E-state index in [0.717, 1.165) is 16.6 Å². The summed E-state index contributed by atoms with van der Waals surface area (Å²) in [4.78, 5) is 12.1. The molecule has 1 heterocycles. The van der Waals surface area contributed by atoms with Gasteiger partial charge in [0.15, 0.2) is 12.3 Å². The molecule has 0 atom stereocenters. The van der Waals surface area contributed by atoms with E-state index >= 15 is 0 Å². The number of hydrogen-bond donors (Lipinski definition) is 1. The molecule has 0 aliphatic rings. The molecule has 0 unspecified atom stereocenters. The van der Waals surface area contributed by atoms with Crippen LogP contribution in [0.2, 0.25) is 0 Å². The SMILES string of the molecule is C=CCn1c(O)c(N=NC(=O)COc2cc(C)ccc2C)c2ccccc21. The minimum atomic E-state index is -0.532. The Bertz CT molecular complexity index is 1030. The largest absolute Gasteiger partial charge is 0.493 e. The van der Waals surface area contributed by atoms with Crippen molar-refractivity contribution in [2.75, 3.05) is 6.61 Å². The first kappa shape index (κ1) is 18.4. The van der Waals surface area contributed by atoms with Crippen molar-refractivity contribution >= 4 is 22.5 Å². The quantitative estimate of drug-likeness (QED) is 0.503. The third-order valence-electron chi connectivity index (χ3n) is 4.19.